The van der Waals surface area contributed by atoms with Gasteiger partial charge in [0.1, 0.15) is 6.10 Å². The third-order valence-corrected chi connectivity index (χ3v) is 2.97. The zero-order valence-electron chi connectivity index (χ0n) is 14.7. The molecule has 29 heavy (non-hydrogen) atoms. The first kappa shape index (κ1) is 22.5. The van der Waals surface area contributed by atoms with Gasteiger partial charge < -0.3 is 20.1 Å². The van der Waals surface area contributed by atoms with Gasteiger partial charge in [-0.3, -0.25) is 4.79 Å². The van der Waals surface area contributed by atoms with Crippen molar-refractivity contribution in [3.8, 4) is 95.2 Å². The third kappa shape index (κ3) is 8.15. The number of ketones is 1. The predicted octanol–water partition coefficient (Wildman–Crippen LogP) is -2.39. The molecule has 0 radical (unpaired) electrons. The van der Waals surface area contributed by atoms with Gasteiger partial charge in [-0.15, -0.1) is 6.42 Å². The van der Waals surface area contributed by atoms with Crippen molar-refractivity contribution in [3.63, 3.8) is 0 Å². The molecule has 4 atom stereocenters. The lowest BCUT2D eigenvalue weighted by atomic mass is 10.0. The number of Topliss-reactive ketones (excluding diaryl/α,β-unsaturated/α-hetero) is 1. The molecule has 138 valence electrons. The summed E-state index contributed by atoms with van der Waals surface area (Å²) in [6.45, 7) is 0. The SMILES string of the molecule is C#CC#CC#CC#CC#CC#CC#CC#CCC(=O)[C@H](O)[C@H]1OC(=O)[C@@H](O)[C@H]1O. The molecule has 0 unspecified atom stereocenters. The standard InChI is InChI=1S/C23H10O6/c1-2-3-4-5-6-7-8-9-10-11-12-13-14-15-16-17-18(24)19(25)22-20(26)21(27)23(28)29-22/h1,19-22,25-27H,17H2/t19-,20+,21-,22+/m0/s1. The number of hydrogen-bond donors (Lipinski definition) is 3. The van der Waals surface area contributed by atoms with E-state index >= 15 is 0 Å². The fourth-order valence-corrected chi connectivity index (χ4v) is 1.69. The zero-order valence-corrected chi connectivity index (χ0v) is 14.7. The van der Waals surface area contributed by atoms with Gasteiger partial charge in [0.2, 0.25) is 0 Å². The Kier molecular flexibility index (Phi) is 9.94. The number of cyclic esters (lactones) is 1. The normalized spacial score (nSPS) is 18.4. The van der Waals surface area contributed by atoms with Crippen molar-refractivity contribution < 1.29 is 29.6 Å². The van der Waals surface area contributed by atoms with Crippen LogP contribution < -0.4 is 0 Å². The molecule has 1 aliphatic rings. The molecule has 1 saturated heterocycles. The van der Waals surface area contributed by atoms with Crippen molar-refractivity contribution >= 4 is 11.8 Å². The summed E-state index contributed by atoms with van der Waals surface area (Å²) >= 11 is 0. The van der Waals surface area contributed by atoms with Crippen molar-refractivity contribution in [2.24, 2.45) is 0 Å². The molecule has 0 spiro atoms. The largest absolute Gasteiger partial charge is 0.454 e. The van der Waals surface area contributed by atoms with E-state index in [1.807, 2.05) is 0 Å². The van der Waals surface area contributed by atoms with Crippen molar-refractivity contribution in [3.05, 3.63) is 0 Å². The highest BCUT2D eigenvalue weighted by atomic mass is 16.6. The number of carbonyl (C=O) groups is 2. The fourth-order valence-electron chi connectivity index (χ4n) is 1.69. The first-order valence-electron chi connectivity index (χ1n) is 7.70. The number of terminal acetylenes is 1. The van der Waals surface area contributed by atoms with Gasteiger partial charge in [0.15, 0.2) is 24.1 Å². The Hall–Kier alpha value is -4.50. The van der Waals surface area contributed by atoms with E-state index in [1.165, 1.54) is 0 Å². The number of aliphatic hydroxyl groups excluding tert-OH is 3. The number of esters is 1. The van der Waals surface area contributed by atoms with Crippen LogP contribution in [0.3, 0.4) is 0 Å². The number of ether oxygens (including phenoxy) is 1. The Balaban J connectivity index is 2.47. The summed E-state index contributed by atoms with van der Waals surface area (Å²) in [6.07, 6.45) is -2.33. The molecule has 0 aromatic heterocycles. The van der Waals surface area contributed by atoms with Gasteiger partial charge >= 0.3 is 5.97 Å². The molecule has 6 heteroatoms. The van der Waals surface area contributed by atoms with Crippen LogP contribution in [0.2, 0.25) is 0 Å². The molecule has 1 rings (SSSR count). The van der Waals surface area contributed by atoms with Gasteiger partial charge in [0.25, 0.3) is 0 Å². The highest BCUT2D eigenvalue weighted by molar-refractivity contribution is 5.87. The van der Waals surface area contributed by atoms with Gasteiger partial charge in [0.05, 0.1) is 6.42 Å². The lowest BCUT2D eigenvalue weighted by Crippen LogP contribution is -2.42. The van der Waals surface area contributed by atoms with Crippen molar-refractivity contribution in [1.82, 2.24) is 0 Å². The van der Waals surface area contributed by atoms with Crippen LogP contribution in [0.4, 0.5) is 0 Å². The minimum atomic E-state index is -1.81. The van der Waals surface area contributed by atoms with Crippen LogP contribution in [-0.2, 0) is 14.3 Å². The minimum absolute atomic E-state index is 0.401. The van der Waals surface area contributed by atoms with Crippen LogP contribution in [0.15, 0.2) is 0 Å². The summed E-state index contributed by atoms with van der Waals surface area (Å²) in [6, 6.07) is 0. The molecule has 3 N–H and O–H groups in total. The molecule has 1 heterocycles. The van der Waals surface area contributed by atoms with Gasteiger partial charge in [-0.05, 0) is 82.9 Å². The number of rotatable bonds is 3. The molecule has 0 saturated carbocycles. The smallest absolute Gasteiger partial charge is 0.338 e. The van der Waals surface area contributed by atoms with E-state index in [2.05, 4.69) is 93.5 Å². The van der Waals surface area contributed by atoms with Crippen LogP contribution in [0.25, 0.3) is 0 Å². The Labute approximate surface area is 168 Å². The second-order valence-corrected chi connectivity index (χ2v) is 4.87. The van der Waals surface area contributed by atoms with E-state index in [1.54, 1.807) is 0 Å². The maximum atomic E-state index is 11.8. The topological polar surface area (TPSA) is 104 Å². The Bertz CT molecular complexity index is 1150. The molecular formula is C23H10O6. The summed E-state index contributed by atoms with van der Waals surface area (Å²) in [5, 5.41) is 28.5. The lowest BCUT2D eigenvalue weighted by Gasteiger charge is -2.17. The zero-order chi connectivity index (χ0) is 21.5. The molecule has 0 aliphatic carbocycles. The van der Waals surface area contributed by atoms with Gasteiger partial charge in [0, 0.05) is 0 Å². The molecule has 0 aromatic carbocycles. The van der Waals surface area contributed by atoms with E-state index in [0.29, 0.717) is 0 Å². The van der Waals surface area contributed by atoms with Crippen LogP contribution >= 0.6 is 0 Å². The van der Waals surface area contributed by atoms with Crippen molar-refractivity contribution in [2.75, 3.05) is 0 Å². The maximum Gasteiger partial charge on any atom is 0.338 e. The quantitative estimate of drug-likeness (QED) is 0.372. The average Bonchev–Trinajstić information content (AvgIpc) is 2.97. The molecule has 6 nitrogen and oxygen atoms in total. The van der Waals surface area contributed by atoms with E-state index in [0.717, 1.165) is 0 Å². The summed E-state index contributed by atoms with van der Waals surface area (Å²) in [5.41, 5.74) is 0. The summed E-state index contributed by atoms with van der Waals surface area (Å²) in [5.74, 6) is 33.6. The maximum absolute atomic E-state index is 11.8. The first-order valence-corrected chi connectivity index (χ1v) is 7.70. The first-order chi connectivity index (χ1) is 14.0. The molecule has 0 bridgehead atoms. The minimum Gasteiger partial charge on any atom is -0.454 e. The summed E-state index contributed by atoms with van der Waals surface area (Å²) < 4.78 is 4.55. The average molecular weight is 382 g/mol. The second-order valence-electron chi connectivity index (χ2n) is 4.87. The highest BCUT2D eigenvalue weighted by Crippen LogP contribution is 2.19. The molecular weight excluding hydrogens is 372 g/mol. The molecule has 0 amide bonds. The lowest BCUT2D eigenvalue weighted by molar-refractivity contribution is -0.153. The van der Waals surface area contributed by atoms with E-state index < -0.39 is 42.6 Å². The van der Waals surface area contributed by atoms with E-state index in [9.17, 15) is 24.9 Å². The Morgan fingerprint density at radius 1 is 0.897 bits per heavy atom. The second kappa shape index (κ2) is 12.8. The number of carbonyl (C=O) groups excluding carboxylic acids is 2. The highest BCUT2D eigenvalue weighted by Gasteiger charge is 2.47. The number of aliphatic hydroxyl groups is 3. The van der Waals surface area contributed by atoms with Crippen LogP contribution in [0.1, 0.15) is 6.42 Å². The Morgan fingerprint density at radius 3 is 1.76 bits per heavy atom. The monoisotopic (exact) mass is 382 g/mol. The Morgan fingerprint density at radius 2 is 1.34 bits per heavy atom. The van der Waals surface area contributed by atoms with Crippen molar-refractivity contribution in [1.29, 1.82) is 0 Å². The van der Waals surface area contributed by atoms with Gasteiger partial charge in [-0.2, -0.15) is 0 Å². The third-order valence-electron chi connectivity index (χ3n) is 2.97. The molecule has 0 aromatic rings. The summed E-state index contributed by atoms with van der Waals surface area (Å²) in [4.78, 5) is 22.8. The fraction of sp³-hybridized carbons (Fsp3) is 0.217. The van der Waals surface area contributed by atoms with E-state index in [4.69, 9.17) is 6.42 Å². The van der Waals surface area contributed by atoms with Crippen LogP contribution in [-0.4, -0.2) is 51.5 Å². The van der Waals surface area contributed by atoms with Crippen molar-refractivity contribution in [2.45, 2.75) is 30.8 Å². The van der Waals surface area contributed by atoms with Crippen LogP contribution in [0.5, 0.6) is 0 Å². The molecule has 1 aliphatic heterocycles. The number of hydrogen-bond acceptors (Lipinski definition) is 6. The van der Waals surface area contributed by atoms with E-state index in [-0.39, 0.29) is 0 Å². The predicted molar refractivity (Wildman–Crippen MR) is 101 cm³/mol. The summed E-state index contributed by atoms with van der Waals surface area (Å²) in [7, 11) is 0. The van der Waals surface area contributed by atoms with Crippen LogP contribution in [0, 0.1) is 95.2 Å². The van der Waals surface area contributed by atoms with Gasteiger partial charge in [-0.1, -0.05) is 5.92 Å². The van der Waals surface area contributed by atoms with Gasteiger partial charge in [-0.25, -0.2) is 4.79 Å². The molecule has 1 fully saturated rings.